The molecule has 1 atom stereocenters. The summed E-state index contributed by atoms with van der Waals surface area (Å²) in [6.45, 7) is -1.14. The highest BCUT2D eigenvalue weighted by molar-refractivity contribution is 7.92. The van der Waals surface area contributed by atoms with Crippen LogP contribution in [-0.4, -0.2) is 50.0 Å². The van der Waals surface area contributed by atoms with Crippen molar-refractivity contribution in [3.63, 3.8) is 0 Å². The van der Waals surface area contributed by atoms with Crippen LogP contribution in [0.25, 0.3) is 0 Å². The number of nitrogens with one attached hydrogen (secondary N) is 1. The molecule has 224 valence electrons. The zero-order valence-electron chi connectivity index (χ0n) is 23.3. The molecule has 0 spiro atoms. The third-order valence-corrected chi connectivity index (χ3v) is 8.53. The number of nitrogens with zero attached hydrogens (tertiary/aromatic N) is 2. The molecule has 3 aromatic carbocycles. The van der Waals surface area contributed by atoms with Gasteiger partial charge in [0.15, 0.2) is 11.6 Å². The Bertz CT molecular complexity index is 1500. The molecule has 0 saturated heterocycles. The largest absolute Gasteiger partial charge is 0.352 e. The van der Waals surface area contributed by atoms with Crippen LogP contribution in [0.4, 0.5) is 18.9 Å². The fourth-order valence-corrected chi connectivity index (χ4v) is 6.00. The Labute approximate surface area is 244 Å². The van der Waals surface area contributed by atoms with Crippen molar-refractivity contribution in [2.24, 2.45) is 0 Å². The number of rotatable bonds is 11. The maximum absolute atomic E-state index is 14.9. The number of amides is 2. The summed E-state index contributed by atoms with van der Waals surface area (Å²) in [5, 5.41) is 3.05. The third-order valence-electron chi connectivity index (χ3n) is 7.39. The molecule has 11 heteroatoms. The first-order chi connectivity index (χ1) is 20.0. The van der Waals surface area contributed by atoms with Crippen molar-refractivity contribution in [1.82, 2.24) is 10.2 Å². The molecule has 3 aromatic rings. The van der Waals surface area contributed by atoms with Crippen LogP contribution in [0.1, 0.15) is 43.2 Å². The van der Waals surface area contributed by atoms with E-state index in [0.29, 0.717) is 10.4 Å². The Morgan fingerprint density at radius 3 is 2.19 bits per heavy atom. The van der Waals surface area contributed by atoms with Gasteiger partial charge in [0.05, 0.1) is 11.9 Å². The molecule has 0 aromatic heterocycles. The standard InChI is InChI=1S/C31H34F3N3O4S/c1-42(40,41)37(25-16-17-27(33)28(34)19-25)21-30(38)36(20-23-12-8-9-15-26(23)32)29(18-22-10-4-2-5-11-22)31(39)35-24-13-6-3-7-14-24/h2,4-5,8-12,15-17,19,24,29H,3,6-7,13-14,18,20-21H2,1H3,(H,35,39). The van der Waals surface area contributed by atoms with Gasteiger partial charge in [0.25, 0.3) is 0 Å². The van der Waals surface area contributed by atoms with E-state index in [9.17, 15) is 31.2 Å². The first-order valence-electron chi connectivity index (χ1n) is 13.8. The molecule has 0 aliphatic heterocycles. The molecule has 0 heterocycles. The van der Waals surface area contributed by atoms with Gasteiger partial charge in [-0.05, 0) is 36.6 Å². The van der Waals surface area contributed by atoms with Gasteiger partial charge in [-0.25, -0.2) is 21.6 Å². The number of carbonyl (C=O) groups excluding carboxylic acids is 2. The molecule has 1 unspecified atom stereocenters. The Hall–Kier alpha value is -3.86. The van der Waals surface area contributed by atoms with Crippen LogP contribution in [0.3, 0.4) is 0 Å². The minimum Gasteiger partial charge on any atom is -0.352 e. The highest BCUT2D eigenvalue weighted by atomic mass is 32.2. The van der Waals surface area contributed by atoms with Crippen molar-refractivity contribution >= 4 is 27.5 Å². The Morgan fingerprint density at radius 1 is 0.881 bits per heavy atom. The maximum Gasteiger partial charge on any atom is 0.244 e. The summed E-state index contributed by atoms with van der Waals surface area (Å²) in [5.41, 5.74) is 0.614. The molecule has 42 heavy (non-hydrogen) atoms. The highest BCUT2D eigenvalue weighted by Crippen LogP contribution is 2.24. The second kappa shape index (κ2) is 13.9. The van der Waals surface area contributed by atoms with Crippen LogP contribution in [0.2, 0.25) is 0 Å². The van der Waals surface area contributed by atoms with Gasteiger partial charge < -0.3 is 10.2 Å². The summed E-state index contributed by atoms with van der Waals surface area (Å²) >= 11 is 0. The van der Waals surface area contributed by atoms with Gasteiger partial charge in [-0.2, -0.15) is 0 Å². The molecule has 0 bridgehead atoms. The molecule has 1 N–H and O–H groups in total. The first kappa shape index (κ1) is 31.1. The first-order valence-corrected chi connectivity index (χ1v) is 15.7. The number of hydrogen-bond donors (Lipinski definition) is 1. The van der Waals surface area contributed by atoms with Gasteiger partial charge in [-0.3, -0.25) is 13.9 Å². The summed E-state index contributed by atoms with van der Waals surface area (Å²) in [4.78, 5) is 29.0. The van der Waals surface area contributed by atoms with Crippen molar-refractivity contribution in [2.45, 2.75) is 57.2 Å². The molecular formula is C31H34F3N3O4S. The van der Waals surface area contributed by atoms with Crippen LogP contribution in [0.15, 0.2) is 72.8 Å². The fraction of sp³-hybridized carbons (Fsp3) is 0.355. The SMILES string of the molecule is CS(=O)(=O)N(CC(=O)N(Cc1ccccc1F)C(Cc1ccccc1)C(=O)NC1CCCCC1)c1ccc(F)c(F)c1. The quantitative estimate of drug-likeness (QED) is 0.337. The highest BCUT2D eigenvalue weighted by Gasteiger charge is 2.34. The third kappa shape index (κ3) is 8.12. The molecule has 1 aliphatic carbocycles. The number of sulfonamides is 1. The summed E-state index contributed by atoms with van der Waals surface area (Å²) in [7, 11) is -4.16. The zero-order valence-corrected chi connectivity index (χ0v) is 24.1. The normalized spacial score (nSPS) is 14.7. The van der Waals surface area contributed by atoms with Gasteiger partial charge in [-0.1, -0.05) is 67.8 Å². The second-order valence-corrected chi connectivity index (χ2v) is 12.4. The number of halogens is 3. The lowest BCUT2D eigenvalue weighted by atomic mass is 9.94. The van der Waals surface area contributed by atoms with E-state index in [1.807, 2.05) is 6.07 Å². The maximum atomic E-state index is 14.9. The van der Waals surface area contributed by atoms with Crippen LogP contribution in [-0.2, 0) is 32.6 Å². The number of hydrogen-bond acceptors (Lipinski definition) is 4. The monoisotopic (exact) mass is 601 g/mol. The van der Waals surface area contributed by atoms with E-state index >= 15 is 0 Å². The van der Waals surface area contributed by atoms with Gasteiger partial charge in [-0.15, -0.1) is 0 Å². The Morgan fingerprint density at radius 2 is 1.55 bits per heavy atom. The van der Waals surface area contributed by atoms with Gasteiger partial charge >= 0.3 is 0 Å². The summed E-state index contributed by atoms with van der Waals surface area (Å²) in [6, 6.07) is 16.1. The molecule has 2 amide bonds. The van der Waals surface area contributed by atoms with Crippen molar-refractivity contribution in [1.29, 1.82) is 0 Å². The van der Waals surface area contributed by atoms with E-state index in [4.69, 9.17) is 0 Å². The lowest BCUT2D eigenvalue weighted by Gasteiger charge is -2.35. The molecular weight excluding hydrogens is 567 g/mol. The second-order valence-electron chi connectivity index (χ2n) is 10.5. The summed E-state index contributed by atoms with van der Waals surface area (Å²) < 4.78 is 68.7. The van der Waals surface area contributed by atoms with E-state index < -0.39 is 51.9 Å². The van der Waals surface area contributed by atoms with Gasteiger partial charge in [0.2, 0.25) is 21.8 Å². The molecule has 4 rings (SSSR count). The average Bonchev–Trinajstić information content (AvgIpc) is 2.96. The number of benzene rings is 3. The fourth-order valence-electron chi connectivity index (χ4n) is 5.16. The van der Waals surface area contributed by atoms with Gasteiger partial charge in [0.1, 0.15) is 18.4 Å². The van der Waals surface area contributed by atoms with E-state index in [-0.39, 0.29) is 30.3 Å². The minimum atomic E-state index is -4.16. The molecule has 7 nitrogen and oxygen atoms in total. The number of carbonyl (C=O) groups is 2. The summed E-state index contributed by atoms with van der Waals surface area (Å²) in [6.07, 6.45) is 5.51. The zero-order chi connectivity index (χ0) is 30.3. The predicted octanol–water partition coefficient (Wildman–Crippen LogP) is 4.96. The van der Waals surface area contributed by atoms with Crippen molar-refractivity contribution in [3.8, 4) is 0 Å². The average molecular weight is 602 g/mol. The van der Waals surface area contributed by atoms with Crippen molar-refractivity contribution < 1.29 is 31.2 Å². The van der Waals surface area contributed by atoms with Crippen LogP contribution in [0, 0.1) is 17.5 Å². The van der Waals surface area contributed by atoms with Crippen molar-refractivity contribution in [2.75, 3.05) is 17.1 Å². The topological polar surface area (TPSA) is 86.8 Å². The molecule has 1 aliphatic rings. The Kier molecular flexibility index (Phi) is 10.3. The van der Waals surface area contributed by atoms with E-state index in [2.05, 4.69) is 5.32 Å². The van der Waals surface area contributed by atoms with E-state index in [1.54, 1.807) is 30.3 Å². The van der Waals surface area contributed by atoms with E-state index in [0.717, 1.165) is 56.1 Å². The van der Waals surface area contributed by atoms with Crippen LogP contribution in [0.5, 0.6) is 0 Å². The lowest BCUT2D eigenvalue weighted by molar-refractivity contribution is -0.140. The van der Waals surface area contributed by atoms with Crippen LogP contribution >= 0.6 is 0 Å². The minimum absolute atomic E-state index is 0.0790. The van der Waals surface area contributed by atoms with Crippen molar-refractivity contribution in [3.05, 3.63) is 101 Å². The predicted molar refractivity (Wildman–Crippen MR) is 154 cm³/mol. The lowest BCUT2D eigenvalue weighted by Crippen LogP contribution is -2.55. The Balaban J connectivity index is 1.74. The van der Waals surface area contributed by atoms with E-state index in [1.165, 1.54) is 23.1 Å². The molecule has 1 fully saturated rings. The van der Waals surface area contributed by atoms with Crippen LogP contribution < -0.4 is 9.62 Å². The smallest absolute Gasteiger partial charge is 0.244 e. The number of anilines is 1. The van der Waals surface area contributed by atoms with Gasteiger partial charge in [0, 0.05) is 30.6 Å². The molecule has 1 saturated carbocycles. The molecule has 0 radical (unpaired) electrons. The summed E-state index contributed by atoms with van der Waals surface area (Å²) in [5.74, 6) is -4.31.